The summed E-state index contributed by atoms with van der Waals surface area (Å²) in [6, 6.07) is 10.9. The fourth-order valence-electron chi connectivity index (χ4n) is 4.08. The first-order chi connectivity index (χ1) is 13.1. The molecular formula is C22H39IN4O. The van der Waals surface area contributed by atoms with Crippen molar-refractivity contribution >= 4 is 29.9 Å². The van der Waals surface area contributed by atoms with E-state index in [1.807, 2.05) is 0 Å². The van der Waals surface area contributed by atoms with Crippen LogP contribution in [-0.2, 0) is 0 Å². The molecule has 6 heteroatoms. The summed E-state index contributed by atoms with van der Waals surface area (Å²) >= 11 is 0. The number of aliphatic hydroxyl groups excluding tert-OH is 1. The molecule has 0 saturated heterocycles. The van der Waals surface area contributed by atoms with Crippen LogP contribution in [0.3, 0.4) is 0 Å². The molecule has 160 valence electrons. The highest BCUT2D eigenvalue weighted by Crippen LogP contribution is 2.39. The van der Waals surface area contributed by atoms with E-state index in [2.05, 4.69) is 66.9 Å². The lowest BCUT2D eigenvalue weighted by Gasteiger charge is -2.36. The van der Waals surface area contributed by atoms with Gasteiger partial charge in [-0.15, -0.1) is 24.0 Å². The highest BCUT2D eigenvalue weighted by Gasteiger charge is 2.31. The van der Waals surface area contributed by atoms with Gasteiger partial charge in [-0.1, -0.05) is 49.6 Å². The third-order valence-corrected chi connectivity index (χ3v) is 5.74. The van der Waals surface area contributed by atoms with Gasteiger partial charge in [0, 0.05) is 26.2 Å². The van der Waals surface area contributed by atoms with Crippen molar-refractivity contribution in [2.75, 3.05) is 40.3 Å². The molecule has 0 aromatic heterocycles. The summed E-state index contributed by atoms with van der Waals surface area (Å²) in [6.07, 6.45) is 7.06. The molecule has 0 aliphatic heterocycles. The molecule has 1 saturated carbocycles. The van der Waals surface area contributed by atoms with Gasteiger partial charge in [0.2, 0.25) is 0 Å². The molecule has 0 spiro atoms. The number of likely N-dealkylation sites (N-methyl/N-ethyl adjacent to an activating group) is 1. The van der Waals surface area contributed by atoms with Crippen LogP contribution in [0.5, 0.6) is 0 Å². The molecule has 1 aliphatic rings. The largest absolute Gasteiger partial charge is 0.396 e. The molecule has 1 unspecified atom stereocenters. The lowest BCUT2D eigenvalue weighted by molar-refractivity contribution is 0.137. The smallest absolute Gasteiger partial charge is 0.191 e. The van der Waals surface area contributed by atoms with Gasteiger partial charge in [0.05, 0.1) is 6.04 Å². The van der Waals surface area contributed by atoms with Crippen molar-refractivity contribution in [1.82, 2.24) is 15.5 Å². The van der Waals surface area contributed by atoms with Crippen molar-refractivity contribution in [3.8, 4) is 0 Å². The number of hydrogen-bond acceptors (Lipinski definition) is 3. The van der Waals surface area contributed by atoms with E-state index < -0.39 is 0 Å². The standard InChI is InChI=1S/C22H38N4O.HI/c1-4-23-21(25-18-22(15-16-27)13-9-6-10-14-22)24-17-20(26(2)3)19-11-7-5-8-12-19;/h5,7-8,11-12,20,27H,4,6,9-10,13-18H2,1-3H3,(H2,23,24,25);1H. The van der Waals surface area contributed by atoms with Crippen LogP contribution < -0.4 is 10.6 Å². The summed E-state index contributed by atoms with van der Waals surface area (Å²) in [7, 11) is 4.23. The molecule has 0 amide bonds. The number of aliphatic hydroxyl groups is 1. The monoisotopic (exact) mass is 502 g/mol. The highest BCUT2D eigenvalue weighted by molar-refractivity contribution is 14.0. The summed E-state index contributed by atoms with van der Waals surface area (Å²) < 4.78 is 0. The van der Waals surface area contributed by atoms with Crippen LogP contribution in [0, 0.1) is 5.41 Å². The van der Waals surface area contributed by atoms with Gasteiger partial charge in [-0.05, 0) is 51.3 Å². The Morgan fingerprint density at radius 3 is 2.39 bits per heavy atom. The fourth-order valence-corrected chi connectivity index (χ4v) is 4.08. The van der Waals surface area contributed by atoms with Crippen molar-refractivity contribution in [2.45, 2.75) is 51.5 Å². The predicted octanol–water partition coefficient (Wildman–Crippen LogP) is 3.80. The molecule has 1 aliphatic carbocycles. The average Bonchev–Trinajstić information content (AvgIpc) is 2.68. The topological polar surface area (TPSA) is 59.9 Å². The zero-order valence-corrected chi connectivity index (χ0v) is 20.1. The number of benzene rings is 1. The van der Waals surface area contributed by atoms with Gasteiger partial charge in [0.15, 0.2) is 5.96 Å². The van der Waals surface area contributed by atoms with E-state index in [4.69, 9.17) is 4.99 Å². The first-order valence-corrected chi connectivity index (χ1v) is 10.4. The van der Waals surface area contributed by atoms with Gasteiger partial charge in [0.1, 0.15) is 0 Å². The van der Waals surface area contributed by atoms with Crippen molar-refractivity contribution in [2.24, 2.45) is 10.4 Å². The summed E-state index contributed by atoms with van der Waals surface area (Å²) in [6.45, 7) is 4.80. The van der Waals surface area contributed by atoms with Crippen molar-refractivity contribution < 1.29 is 5.11 Å². The van der Waals surface area contributed by atoms with E-state index in [0.717, 1.165) is 32.0 Å². The molecule has 28 heavy (non-hydrogen) atoms. The Morgan fingerprint density at radius 2 is 1.82 bits per heavy atom. The highest BCUT2D eigenvalue weighted by atomic mass is 127. The van der Waals surface area contributed by atoms with E-state index >= 15 is 0 Å². The van der Waals surface area contributed by atoms with Crippen LogP contribution in [0.2, 0.25) is 0 Å². The van der Waals surface area contributed by atoms with E-state index in [0.29, 0.717) is 0 Å². The van der Waals surface area contributed by atoms with E-state index in [1.165, 1.54) is 37.7 Å². The minimum atomic E-state index is 0. The molecule has 3 N–H and O–H groups in total. The number of halogens is 1. The molecule has 0 heterocycles. The van der Waals surface area contributed by atoms with Gasteiger partial charge in [-0.2, -0.15) is 0 Å². The molecule has 5 nitrogen and oxygen atoms in total. The van der Waals surface area contributed by atoms with Gasteiger partial charge >= 0.3 is 0 Å². The minimum Gasteiger partial charge on any atom is -0.396 e. The normalized spacial score (nSPS) is 17.7. The quantitative estimate of drug-likeness (QED) is 0.273. The molecule has 1 fully saturated rings. The van der Waals surface area contributed by atoms with Crippen LogP contribution in [0.1, 0.15) is 57.1 Å². The number of nitrogens with zero attached hydrogens (tertiary/aromatic N) is 2. The Hall–Kier alpha value is -0.860. The number of nitrogens with one attached hydrogen (secondary N) is 2. The number of aliphatic imine (C=N–C) groups is 1. The number of hydrogen-bond donors (Lipinski definition) is 3. The van der Waals surface area contributed by atoms with Gasteiger partial charge in [0.25, 0.3) is 0 Å². The fraction of sp³-hybridized carbons (Fsp3) is 0.682. The Labute approximate surface area is 188 Å². The minimum absolute atomic E-state index is 0. The van der Waals surface area contributed by atoms with Gasteiger partial charge in [-0.3, -0.25) is 4.99 Å². The Morgan fingerprint density at radius 1 is 1.14 bits per heavy atom. The zero-order chi connectivity index (χ0) is 19.5. The molecule has 2 rings (SSSR count). The lowest BCUT2D eigenvalue weighted by Crippen LogP contribution is -2.42. The number of rotatable bonds is 9. The molecule has 1 aromatic rings. The predicted molar refractivity (Wildman–Crippen MR) is 129 cm³/mol. The maximum absolute atomic E-state index is 9.53. The summed E-state index contributed by atoms with van der Waals surface area (Å²) in [5.74, 6) is 0.878. The SMILES string of the molecule is CCNC(=NCC1(CCO)CCCCC1)NCC(c1ccccc1)N(C)C.I. The van der Waals surface area contributed by atoms with E-state index in [9.17, 15) is 5.11 Å². The van der Waals surface area contributed by atoms with E-state index in [-0.39, 0.29) is 42.0 Å². The van der Waals surface area contributed by atoms with Crippen molar-refractivity contribution in [1.29, 1.82) is 0 Å². The Bertz CT molecular complexity index is 553. The first kappa shape index (κ1) is 25.2. The van der Waals surface area contributed by atoms with E-state index in [1.54, 1.807) is 0 Å². The first-order valence-electron chi connectivity index (χ1n) is 10.4. The average molecular weight is 502 g/mol. The Balaban J connectivity index is 0.00000392. The van der Waals surface area contributed by atoms with Crippen LogP contribution in [0.15, 0.2) is 35.3 Å². The van der Waals surface area contributed by atoms with Gasteiger partial charge in [-0.25, -0.2) is 0 Å². The van der Waals surface area contributed by atoms with Crippen LogP contribution in [0.4, 0.5) is 0 Å². The van der Waals surface area contributed by atoms with Crippen LogP contribution >= 0.6 is 24.0 Å². The molecule has 0 radical (unpaired) electrons. The summed E-state index contributed by atoms with van der Waals surface area (Å²) in [4.78, 5) is 7.15. The third kappa shape index (κ3) is 7.87. The molecule has 1 aromatic carbocycles. The third-order valence-electron chi connectivity index (χ3n) is 5.74. The van der Waals surface area contributed by atoms with Crippen LogP contribution in [0.25, 0.3) is 0 Å². The van der Waals surface area contributed by atoms with Crippen molar-refractivity contribution in [3.63, 3.8) is 0 Å². The second-order valence-corrected chi connectivity index (χ2v) is 8.00. The second-order valence-electron chi connectivity index (χ2n) is 8.00. The lowest BCUT2D eigenvalue weighted by atomic mass is 9.72. The summed E-state index contributed by atoms with van der Waals surface area (Å²) in [5.41, 5.74) is 1.48. The van der Waals surface area contributed by atoms with Crippen molar-refractivity contribution in [3.05, 3.63) is 35.9 Å². The number of guanidine groups is 1. The molecule has 1 atom stereocenters. The zero-order valence-electron chi connectivity index (χ0n) is 17.8. The van der Waals surface area contributed by atoms with Crippen LogP contribution in [-0.4, -0.2) is 56.3 Å². The molecular weight excluding hydrogens is 463 g/mol. The maximum Gasteiger partial charge on any atom is 0.191 e. The Kier molecular flexibility index (Phi) is 12.0. The maximum atomic E-state index is 9.53. The second kappa shape index (κ2) is 13.4. The summed E-state index contributed by atoms with van der Waals surface area (Å²) in [5, 5.41) is 16.4. The van der Waals surface area contributed by atoms with Gasteiger partial charge < -0.3 is 20.6 Å². The molecule has 0 bridgehead atoms.